The Morgan fingerprint density at radius 1 is 0.955 bits per heavy atom. The van der Waals surface area contributed by atoms with Crippen molar-refractivity contribution in [3.63, 3.8) is 0 Å². The average molecular weight is 305 g/mol. The van der Waals surface area contributed by atoms with Crippen LogP contribution in [0.5, 0.6) is 0 Å². The van der Waals surface area contributed by atoms with E-state index in [4.69, 9.17) is 11.5 Å². The zero-order chi connectivity index (χ0) is 15.9. The Labute approximate surface area is 131 Å². The number of imidazole rings is 2. The molecule has 0 amide bonds. The van der Waals surface area contributed by atoms with Crippen LogP contribution in [0.4, 0.5) is 0 Å². The van der Waals surface area contributed by atoms with Crippen molar-refractivity contribution in [2.24, 2.45) is 11.5 Å². The highest BCUT2D eigenvalue weighted by Crippen LogP contribution is 2.12. The molecule has 22 heavy (non-hydrogen) atoms. The van der Waals surface area contributed by atoms with Gasteiger partial charge in [0.05, 0.1) is 13.1 Å². The van der Waals surface area contributed by atoms with Gasteiger partial charge in [0.15, 0.2) is 0 Å². The van der Waals surface area contributed by atoms with E-state index in [9.17, 15) is 0 Å². The lowest BCUT2D eigenvalue weighted by molar-refractivity contribution is 0.188. The summed E-state index contributed by atoms with van der Waals surface area (Å²) < 4.78 is 4.23. The van der Waals surface area contributed by atoms with E-state index in [1.807, 2.05) is 24.8 Å². The molecule has 2 aromatic heterocycles. The summed E-state index contributed by atoms with van der Waals surface area (Å²) in [5, 5.41) is 0. The van der Waals surface area contributed by atoms with Crippen LogP contribution < -0.4 is 11.5 Å². The second kappa shape index (κ2) is 8.07. The van der Waals surface area contributed by atoms with Crippen molar-refractivity contribution < 1.29 is 0 Å². The van der Waals surface area contributed by atoms with Crippen molar-refractivity contribution in [1.82, 2.24) is 24.0 Å². The molecule has 0 atom stereocenters. The molecule has 0 spiro atoms. The summed E-state index contributed by atoms with van der Waals surface area (Å²) in [5.41, 5.74) is 11.3. The van der Waals surface area contributed by atoms with Gasteiger partial charge < -0.3 is 20.6 Å². The fourth-order valence-electron chi connectivity index (χ4n) is 2.45. The van der Waals surface area contributed by atoms with Crippen molar-refractivity contribution in [2.75, 3.05) is 13.1 Å². The number of hydrogen-bond acceptors (Lipinski definition) is 5. The van der Waals surface area contributed by atoms with E-state index in [0.29, 0.717) is 19.1 Å². The summed E-state index contributed by atoms with van der Waals surface area (Å²) in [6, 6.07) is 0.394. The molecule has 0 aliphatic carbocycles. The molecule has 0 aromatic carbocycles. The van der Waals surface area contributed by atoms with E-state index < -0.39 is 0 Å². The van der Waals surface area contributed by atoms with Crippen LogP contribution in [0.15, 0.2) is 24.8 Å². The highest BCUT2D eigenvalue weighted by Gasteiger charge is 2.16. The van der Waals surface area contributed by atoms with Crippen LogP contribution in [-0.4, -0.2) is 43.1 Å². The summed E-state index contributed by atoms with van der Waals surface area (Å²) in [4.78, 5) is 11.3. The number of aromatic nitrogens is 4. The van der Waals surface area contributed by atoms with Gasteiger partial charge in [-0.05, 0) is 13.8 Å². The van der Waals surface area contributed by atoms with Crippen molar-refractivity contribution >= 4 is 0 Å². The fraction of sp³-hybridized carbons (Fsp3) is 0.600. The first kappa shape index (κ1) is 16.7. The molecule has 0 saturated heterocycles. The SMILES string of the molecule is CC(C)N(Cc1nccn1CCN)Cc1nccn1CCN. The monoisotopic (exact) mass is 305 g/mol. The molecule has 0 saturated carbocycles. The number of hydrogen-bond donors (Lipinski definition) is 2. The lowest BCUT2D eigenvalue weighted by atomic mass is 10.3. The third kappa shape index (κ3) is 4.16. The smallest absolute Gasteiger partial charge is 0.122 e. The van der Waals surface area contributed by atoms with Crippen molar-refractivity contribution in [3.8, 4) is 0 Å². The molecule has 0 aliphatic rings. The van der Waals surface area contributed by atoms with Crippen molar-refractivity contribution in [2.45, 2.75) is 46.1 Å². The number of nitrogens with two attached hydrogens (primary N) is 2. The molecule has 4 N–H and O–H groups in total. The number of nitrogens with zero attached hydrogens (tertiary/aromatic N) is 5. The van der Waals surface area contributed by atoms with Crippen LogP contribution in [0.25, 0.3) is 0 Å². The molecule has 0 fully saturated rings. The Morgan fingerprint density at radius 2 is 1.41 bits per heavy atom. The first-order chi connectivity index (χ1) is 10.7. The van der Waals surface area contributed by atoms with Gasteiger partial charge in [-0.3, -0.25) is 4.90 Å². The second-order valence-electron chi connectivity index (χ2n) is 5.65. The largest absolute Gasteiger partial charge is 0.333 e. The van der Waals surface area contributed by atoms with Crippen LogP contribution >= 0.6 is 0 Å². The second-order valence-corrected chi connectivity index (χ2v) is 5.65. The zero-order valence-corrected chi connectivity index (χ0v) is 13.5. The lowest BCUT2D eigenvalue weighted by Gasteiger charge is -2.26. The van der Waals surface area contributed by atoms with E-state index in [-0.39, 0.29) is 0 Å². The quantitative estimate of drug-likeness (QED) is 0.700. The summed E-state index contributed by atoms with van der Waals surface area (Å²) in [7, 11) is 0. The molecule has 2 aromatic rings. The molecule has 0 unspecified atom stereocenters. The van der Waals surface area contributed by atoms with Gasteiger partial charge in [0.1, 0.15) is 11.6 Å². The van der Waals surface area contributed by atoms with Gasteiger partial charge in [-0.15, -0.1) is 0 Å². The van der Waals surface area contributed by atoms with Gasteiger partial charge in [-0.2, -0.15) is 0 Å². The minimum atomic E-state index is 0.394. The molecule has 7 heteroatoms. The Balaban J connectivity index is 2.09. The van der Waals surface area contributed by atoms with E-state index in [1.54, 1.807) is 0 Å². The van der Waals surface area contributed by atoms with E-state index in [2.05, 4.69) is 37.8 Å². The first-order valence-corrected chi connectivity index (χ1v) is 7.80. The first-order valence-electron chi connectivity index (χ1n) is 7.80. The Kier molecular flexibility index (Phi) is 6.11. The standard InChI is InChI=1S/C15H27N7/c1-13(2)22(11-14-18-5-9-20(14)7-3-16)12-15-19-6-10-21(15)8-4-17/h5-6,9-10,13H,3-4,7-8,11-12,16-17H2,1-2H3. The van der Waals surface area contributed by atoms with Crippen molar-refractivity contribution in [1.29, 1.82) is 0 Å². The lowest BCUT2D eigenvalue weighted by Crippen LogP contribution is -2.32. The topological polar surface area (TPSA) is 90.9 Å². The summed E-state index contributed by atoms with van der Waals surface area (Å²) in [6.07, 6.45) is 7.63. The Bertz CT molecular complexity index is 511. The van der Waals surface area contributed by atoms with Gasteiger partial charge in [0.25, 0.3) is 0 Å². The third-order valence-corrected chi connectivity index (χ3v) is 3.76. The third-order valence-electron chi connectivity index (χ3n) is 3.76. The van der Waals surface area contributed by atoms with Crippen LogP contribution in [0.3, 0.4) is 0 Å². The number of rotatable bonds is 9. The van der Waals surface area contributed by atoms with Gasteiger partial charge in [-0.1, -0.05) is 0 Å². The van der Waals surface area contributed by atoms with Gasteiger partial charge in [0, 0.05) is 57.0 Å². The van der Waals surface area contributed by atoms with Crippen LogP contribution in [0.1, 0.15) is 25.5 Å². The summed E-state index contributed by atoms with van der Waals surface area (Å²) in [5.74, 6) is 2.08. The molecule has 0 bridgehead atoms. The van der Waals surface area contributed by atoms with Crippen LogP contribution in [0.2, 0.25) is 0 Å². The molecular formula is C15H27N7. The summed E-state index contributed by atoms with van der Waals surface area (Å²) in [6.45, 7) is 8.75. The van der Waals surface area contributed by atoms with Gasteiger partial charge in [0.2, 0.25) is 0 Å². The minimum Gasteiger partial charge on any atom is -0.333 e. The fourth-order valence-corrected chi connectivity index (χ4v) is 2.45. The summed E-state index contributed by atoms with van der Waals surface area (Å²) >= 11 is 0. The molecule has 7 nitrogen and oxygen atoms in total. The molecule has 2 heterocycles. The molecule has 0 radical (unpaired) electrons. The van der Waals surface area contributed by atoms with Crippen LogP contribution in [-0.2, 0) is 26.2 Å². The molecule has 0 aliphatic heterocycles. The Hall–Kier alpha value is -1.70. The van der Waals surface area contributed by atoms with E-state index >= 15 is 0 Å². The minimum absolute atomic E-state index is 0.394. The average Bonchev–Trinajstić information content (AvgIpc) is 3.09. The highest BCUT2D eigenvalue weighted by molar-refractivity contribution is 4.96. The van der Waals surface area contributed by atoms with E-state index in [1.165, 1.54) is 0 Å². The molecular weight excluding hydrogens is 278 g/mol. The predicted molar refractivity (Wildman–Crippen MR) is 86.9 cm³/mol. The van der Waals surface area contributed by atoms with Gasteiger partial charge in [-0.25, -0.2) is 9.97 Å². The zero-order valence-electron chi connectivity index (χ0n) is 13.5. The Morgan fingerprint density at radius 3 is 1.77 bits per heavy atom. The molecule has 122 valence electrons. The predicted octanol–water partition coefficient (Wildman–Crippen LogP) is 0.408. The normalized spacial score (nSPS) is 11.7. The maximum Gasteiger partial charge on any atom is 0.122 e. The maximum absolute atomic E-state index is 5.65. The van der Waals surface area contributed by atoms with Crippen molar-refractivity contribution in [3.05, 3.63) is 36.4 Å². The highest BCUT2D eigenvalue weighted by atomic mass is 15.2. The van der Waals surface area contributed by atoms with Gasteiger partial charge >= 0.3 is 0 Å². The molecule has 2 rings (SSSR count). The van der Waals surface area contributed by atoms with E-state index in [0.717, 1.165) is 37.8 Å². The van der Waals surface area contributed by atoms with Crippen LogP contribution in [0, 0.1) is 0 Å². The maximum atomic E-state index is 5.65.